The summed E-state index contributed by atoms with van der Waals surface area (Å²) in [5, 5.41) is -4.30. The van der Waals surface area contributed by atoms with Crippen molar-refractivity contribution in [3.8, 4) is 0 Å². The Kier molecular flexibility index (Phi) is 6.41. The molecule has 0 amide bonds. The maximum Gasteiger partial charge on any atom is 0.430 e. The lowest BCUT2D eigenvalue weighted by Crippen LogP contribution is -2.64. The van der Waals surface area contributed by atoms with Gasteiger partial charge in [-0.2, -0.15) is 17.9 Å². The number of halogens is 3. The van der Waals surface area contributed by atoms with Crippen molar-refractivity contribution in [3.63, 3.8) is 0 Å². The van der Waals surface area contributed by atoms with Crippen LogP contribution in [-0.4, -0.2) is 47.2 Å². The number of carbonyl (C=O) groups is 1. The second-order valence-electron chi connectivity index (χ2n) is 4.48. The maximum atomic E-state index is 13.8. The van der Waals surface area contributed by atoms with E-state index < -0.39 is 39.9 Å². The van der Waals surface area contributed by atoms with E-state index in [2.05, 4.69) is 13.8 Å². The molecule has 1 rings (SSSR count). The molecule has 0 aromatic heterocycles. The summed E-state index contributed by atoms with van der Waals surface area (Å²) in [7, 11) is -8.67. The van der Waals surface area contributed by atoms with Crippen molar-refractivity contribution in [3.05, 3.63) is 30.3 Å². The molecule has 0 radical (unpaired) electrons. The molecular weight excluding hydrogens is 390 g/mol. The third kappa shape index (κ3) is 3.72. The van der Waals surface area contributed by atoms with E-state index in [0.29, 0.717) is 21.3 Å². The number of benzene rings is 1. The van der Waals surface area contributed by atoms with Crippen LogP contribution in [0, 0.1) is 0 Å². The van der Waals surface area contributed by atoms with Gasteiger partial charge in [-0.1, -0.05) is 18.2 Å². The number of esters is 1. The quantitative estimate of drug-likeness (QED) is 0.545. The summed E-state index contributed by atoms with van der Waals surface area (Å²) in [5.74, 6) is -2.20. The normalized spacial score (nSPS) is 15.4. The number of ether oxygens (including phenoxy) is 1. The number of methoxy groups -OCH3 is 1. The minimum atomic E-state index is -5.72. The zero-order valence-corrected chi connectivity index (χ0v) is 14.9. The van der Waals surface area contributed by atoms with Crippen LogP contribution in [-0.2, 0) is 33.2 Å². The van der Waals surface area contributed by atoms with E-state index in [4.69, 9.17) is 0 Å². The van der Waals surface area contributed by atoms with Crippen molar-refractivity contribution in [1.82, 2.24) is 4.72 Å². The molecule has 1 unspecified atom stereocenters. The second-order valence-corrected chi connectivity index (χ2v) is 8.56. The summed E-state index contributed by atoms with van der Waals surface area (Å²) in [4.78, 5) is 11.3. The zero-order valence-electron chi connectivity index (χ0n) is 13.2. The molecule has 142 valence electrons. The molecule has 25 heavy (non-hydrogen) atoms. The number of nitrogens with one attached hydrogen (secondary N) is 1. The van der Waals surface area contributed by atoms with E-state index in [1.54, 1.807) is 0 Å². The Labute approximate surface area is 141 Å². The summed E-state index contributed by atoms with van der Waals surface area (Å²) < 4.78 is 92.2. The van der Waals surface area contributed by atoms with Crippen molar-refractivity contribution in [2.24, 2.45) is 0 Å². The highest BCUT2D eigenvalue weighted by Gasteiger charge is 2.76. The third-order valence-corrected chi connectivity index (χ3v) is 7.07. The average molecular weight is 405 g/mol. The lowest BCUT2D eigenvalue weighted by atomic mass is 10.3. The Morgan fingerprint density at radius 3 is 1.92 bits per heavy atom. The van der Waals surface area contributed by atoms with Crippen LogP contribution in [0.4, 0.5) is 13.2 Å². The minimum Gasteiger partial charge on any atom is -0.467 e. The highest BCUT2D eigenvalue weighted by Crippen LogP contribution is 2.64. The molecule has 13 heteroatoms. The molecule has 0 fully saturated rings. The Balaban J connectivity index is 3.73. The number of carbonyl (C=O) groups excluding carboxylic acids is 1. The predicted molar refractivity (Wildman–Crippen MR) is 79.2 cm³/mol. The average Bonchev–Trinajstić information content (AvgIpc) is 2.58. The van der Waals surface area contributed by atoms with Crippen molar-refractivity contribution < 1.29 is 44.7 Å². The fraction of sp³-hybridized carbons (Fsp3) is 0.417. The molecule has 8 nitrogen and oxygen atoms in total. The van der Waals surface area contributed by atoms with E-state index in [9.17, 15) is 30.9 Å². The Morgan fingerprint density at radius 2 is 1.56 bits per heavy atom. The molecule has 1 N–H and O–H groups in total. The molecule has 0 aliphatic rings. The van der Waals surface area contributed by atoms with Crippen molar-refractivity contribution in [2.75, 3.05) is 21.3 Å². The van der Waals surface area contributed by atoms with Gasteiger partial charge in [0.15, 0.2) is 0 Å². The molecule has 1 aromatic rings. The smallest absolute Gasteiger partial charge is 0.430 e. The highest BCUT2D eigenvalue weighted by molar-refractivity contribution is 7.90. The van der Waals surface area contributed by atoms with Gasteiger partial charge in [-0.3, -0.25) is 4.57 Å². The van der Waals surface area contributed by atoms with Gasteiger partial charge in [0, 0.05) is 14.2 Å². The molecule has 0 bridgehead atoms. The predicted octanol–water partition coefficient (Wildman–Crippen LogP) is 1.88. The van der Waals surface area contributed by atoms with Crippen molar-refractivity contribution in [2.45, 2.75) is 16.4 Å². The second kappa shape index (κ2) is 7.42. The van der Waals surface area contributed by atoms with E-state index in [1.807, 2.05) is 0 Å². The van der Waals surface area contributed by atoms with Crippen LogP contribution in [0.15, 0.2) is 35.2 Å². The molecule has 0 saturated carbocycles. The van der Waals surface area contributed by atoms with Crippen molar-refractivity contribution in [1.29, 1.82) is 0 Å². The minimum absolute atomic E-state index is 0.565. The van der Waals surface area contributed by atoms with Gasteiger partial charge in [0.05, 0.1) is 12.0 Å². The topological polar surface area (TPSA) is 108 Å². The summed E-state index contributed by atoms with van der Waals surface area (Å²) in [5.41, 5.74) is 0. The van der Waals surface area contributed by atoms with Crippen LogP contribution in [0.5, 0.6) is 0 Å². The van der Waals surface area contributed by atoms with Crippen LogP contribution in [0.1, 0.15) is 0 Å². The fourth-order valence-corrected chi connectivity index (χ4v) is 5.24. The Hall–Kier alpha value is -1.46. The maximum absolute atomic E-state index is 13.8. The highest BCUT2D eigenvalue weighted by atomic mass is 32.2. The molecule has 0 heterocycles. The van der Waals surface area contributed by atoms with Crippen LogP contribution >= 0.6 is 7.60 Å². The number of hydrogen-bond acceptors (Lipinski definition) is 7. The van der Waals surface area contributed by atoms with E-state index in [-0.39, 0.29) is 0 Å². The molecule has 0 saturated heterocycles. The number of sulfonamides is 1. The van der Waals surface area contributed by atoms with E-state index in [1.165, 1.54) is 18.2 Å². The molecule has 0 aliphatic carbocycles. The first-order chi connectivity index (χ1) is 11.4. The van der Waals surface area contributed by atoms with Gasteiger partial charge in [-0.25, -0.2) is 13.2 Å². The van der Waals surface area contributed by atoms with Gasteiger partial charge < -0.3 is 13.8 Å². The van der Waals surface area contributed by atoms with Crippen LogP contribution < -0.4 is 4.72 Å². The summed E-state index contributed by atoms with van der Waals surface area (Å²) in [6.07, 6.45) is -5.72. The van der Waals surface area contributed by atoms with Crippen LogP contribution in [0.25, 0.3) is 0 Å². The third-order valence-electron chi connectivity index (χ3n) is 3.12. The zero-order chi connectivity index (χ0) is 19.5. The van der Waals surface area contributed by atoms with Crippen molar-refractivity contribution >= 4 is 23.6 Å². The first kappa shape index (κ1) is 21.6. The van der Waals surface area contributed by atoms with Crippen LogP contribution in [0.2, 0.25) is 0 Å². The fourth-order valence-electron chi connectivity index (χ4n) is 1.89. The monoisotopic (exact) mass is 405 g/mol. The molecule has 0 aliphatic heterocycles. The van der Waals surface area contributed by atoms with E-state index >= 15 is 0 Å². The molecule has 1 aromatic carbocycles. The molecular formula is C12H15F3NO7PS. The van der Waals surface area contributed by atoms with Gasteiger partial charge >= 0.3 is 25.0 Å². The lowest BCUT2D eigenvalue weighted by molar-refractivity contribution is -0.192. The number of alkyl halides is 3. The number of rotatable bonds is 7. The van der Waals surface area contributed by atoms with Gasteiger partial charge in [0.25, 0.3) is 0 Å². The Morgan fingerprint density at radius 1 is 1.08 bits per heavy atom. The van der Waals surface area contributed by atoms with Gasteiger partial charge in [0.1, 0.15) is 0 Å². The SMILES string of the molecule is COC(=O)C(NS(=O)(=O)c1ccccc1)(C(F)(F)F)P(=O)(OC)OC. The first-order valence-electron chi connectivity index (χ1n) is 6.37. The molecule has 0 spiro atoms. The van der Waals surface area contributed by atoms with E-state index in [0.717, 1.165) is 16.9 Å². The lowest BCUT2D eigenvalue weighted by Gasteiger charge is -2.36. The largest absolute Gasteiger partial charge is 0.467 e. The summed E-state index contributed by atoms with van der Waals surface area (Å²) in [6, 6.07) is 5.87. The van der Waals surface area contributed by atoms with Gasteiger partial charge in [0.2, 0.25) is 10.0 Å². The summed E-state index contributed by atoms with van der Waals surface area (Å²) in [6.45, 7) is 0. The first-order valence-corrected chi connectivity index (χ1v) is 9.40. The molecule has 1 atom stereocenters. The number of hydrogen-bond donors (Lipinski definition) is 1. The van der Waals surface area contributed by atoms with Gasteiger partial charge in [-0.15, -0.1) is 0 Å². The van der Waals surface area contributed by atoms with Crippen LogP contribution in [0.3, 0.4) is 0 Å². The van der Waals surface area contributed by atoms with Gasteiger partial charge in [-0.05, 0) is 12.1 Å². The Bertz CT molecular complexity index is 761. The standard InChI is InChI=1S/C12H15F3NO7PS/c1-21-10(17)11(12(13,14)15,24(18,22-2)23-3)16-25(19,20)9-7-5-4-6-8-9/h4-8,16H,1-3H3. The summed E-state index contributed by atoms with van der Waals surface area (Å²) >= 11 is 0.